The second kappa shape index (κ2) is 11.3. The molecule has 0 aromatic heterocycles. The van der Waals surface area contributed by atoms with Gasteiger partial charge in [-0.1, -0.05) is 18.2 Å². The standard InChI is InChI=1S/C31H33N5O4/c1-34-12-14-36(15-13-34)19-28(38)35(2)25-10-8-24(9-11-25)33-30(21-4-3-5-23(32)16-21)29-26-17-22(31(39)40)7-6-20(26)18-27(29)37/h3-11,16-17,33H,12-15,18-19,32H2,1-2H3,(H,39,40)/b30-29-. The van der Waals surface area contributed by atoms with E-state index in [1.54, 1.807) is 36.2 Å². The Bertz CT molecular complexity index is 1490. The lowest BCUT2D eigenvalue weighted by Gasteiger charge is -2.32. The van der Waals surface area contributed by atoms with Crippen LogP contribution in [-0.2, 0) is 16.0 Å². The number of fused-ring (bicyclic) bond motifs is 1. The van der Waals surface area contributed by atoms with Gasteiger partial charge in [-0.2, -0.15) is 0 Å². The molecule has 0 atom stereocenters. The molecule has 4 N–H and O–H groups in total. The summed E-state index contributed by atoms with van der Waals surface area (Å²) in [5, 5.41) is 12.9. The molecule has 0 unspecified atom stereocenters. The Morgan fingerprint density at radius 3 is 2.38 bits per heavy atom. The van der Waals surface area contributed by atoms with Gasteiger partial charge < -0.3 is 26.0 Å². The summed E-state index contributed by atoms with van der Waals surface area (Å²) >= 11 is 0. The zero-order valence-corrected chi connectivity index (χ0v) is 22.7. The molecule has 0 bridgehead atoms. The van der Waals surface area contributed by atoms with Crippen molar-refractivity contribution in [3.63, 3.8) is 0 Å². The summed E-state index contributed by atoms with van der Waals surface area (Å²) in [5.74, 6) is -1.13. The van der Waals surface area contributed by atoms with Crippen molar-refractivity contribution in [1.82, 2.24) is 9.80 Å². The number of rotatable bonds is 7. The highest BCUT2D eigenvalue weighted by Crippen LogP contribution is 2.37. The van der Waals surface area contributed by atoms with Gasteiger partial charge in [0.25, 0.3) is 0 Å². The van der Waals surface area contributed by atoms with E-state index >= 15 is 0 Å². The molecule has 1 heterocycles. The molecule has 3 aromatic rings. The Labute approximate surface area is 233 Å². The highest BCUT2D eigenvalue weighted by atomic mass is 16.4. The summed E-state index contributed by atoms with van der Waals surface area (Å²) in [7, 11) is 3.86. The molecule has 0 saturated carbocycles. The average molecular weight is 540 g/mol. The Balaban J connectivity index is 1.43. The number of carbonyl (C=O) groups excluding carboxylic acids is 2. The maximum absolute atomic E-state index is 13.3. The SMILES string of the molecule is CN1CCN(CC(=O)N(C)c2ccc(N/C(=C3\C(=O)Cc4ccc(C(=O)O)cc43)c3cccc(N)c3)cc2)CC1. The van der Waals surface area contributed by atoms with Gasteiger partial charge in [-0.25, -0.2) is 4.79 Å². The van der Waals surface area contributed by atoms with Gasteiger partial charge in [-0.15, -0.1) is 0 Å². The molecule has 1 amide bonds. The number of anilines is 3. The summed E-state index contributed by atoms with van der Waals surface area (Å²) in [6, 6.07) is 19.4. The van der Waals surface area contributed by atoms with E-state index in [0.29, 0.717) is 40.3 Å². The number of nitrogens with two attached hydrogens (primary N) is 1. The topological polar surface area (TPSA) is 119 Å². The van der Waals surface area contributed by atoms with E-state index in [0.717, 1.165) is 37.4 Å². The number of allylic oxidation sites excluding steroid dienone is 1. The van der Waals surface area contributed by atoms with Gasteiger partial charge in [0.1, 0.15) is 0 Å². The van der Waals surface area contributed by atoms with Crippen molar-refractivity contribution >= 4 is 46.0 Å². The number of aromatic carboxylic acids is 1. The fourth-order valence-corrected chi connectivity index (χ4v) is 5.12. The number of amides is 1. The normalized spacial score (nSPS) is 16.9. The molecular weight excluding hydrogens is 506 g/mol. The number of nitrogens with zero attached hydrogens (tertiary/aromatic N) is 3. The largest absolute Gasteiger partial charge is 0.478 e. The van der Waals surface area contributed by atoms with Crippen molar-refractivity contribution in [1.29, 1.82) is 0 Å². The van der Waals surface area contributed by atoms with E-state index in [1.807, 2.05) is 36.4 Å². The number of piperazine rings is 1. The average Bonchev–Trinajstić information content (AvgIpc) is 3.27. The number of hydrogen-bond acceptors (Lipinski definition) is 7. The van der Waals surface area contributed by atoms with Crippen LogP contribution in [0.5, 0.6) is 0 Å². The first-order valence-electron chi connectivity index (χ1n) is 13.2. The van der Waals surface area contributed by atoms with Gasteiger partial charge in [0, 0.05) is 67.8 Å². The second-order valence-corrected chi connectivity index (χ2v) is 10.4. The molecule has 9 heteroatoms. The van der Waals surface area contributed by atoms with Gasteiger partial charge in [-0.3, -0.25) is 14.5 Å². The molecule has 3 aromatic carbocycles. The number of ketones is 1. The number of carbonyl (C=O) groups is 3. The zero-order chi connectivity index (χ0) is 28.4. The Kier molecular flexibility index (Phi) is 7.68. The minimum absolute atomic E-state index is 0.0234. The van der Waals surface area contributed by atoms with Crippen molar-refractivity contribution in [2.24, 2.45) is 0 Å². The molecule has 0 spiro atoms. The van der Waals surface area contributed by atoms with E-state index in [9.17, 15) is 19.5 Å². The number of likely N-dealkylation sites (N-methyl/N-ethyl adjacent to an activating group) is 2. The smallest absolute Gasteiger partial charge is 0.335 e. The van der Waals surface area contributed by atoms with Crippen LogP contribution in [0, 0.1) is 0 Å². The van der Waals surface area contributed by atoms with Crippen LogP contribution >= 0.6 is 0 Å². The molecule has 1 saturated heterocycles. The maximum Gasteiger partial charge on any atom is 0.335 e. The number of benzene rings is 3. The van der Waals surface area contributed by atoms with Crippen molar-refractivity contribution in [3.05, 3.63) is 89.0 Å². The van der Waals surface area contributed by atoms with Gasteiger partial charge in [0.05, 0.1) is 17.8 Å². The molecule has 1 aliphatic carbocycles. The van der Waals surface area contributed by atoms with Crippen molar-refractivity contribution < 1.29 is 19.5 Å². The highest BCUT2D eigenvalue weighted by Gasteiger charge is 2.29. The first-order valence-corrected chi connectivity index (χ1v) is 13.2. The second-order valence-electron chi connectivity index (χ2n) is 10.4. The molecule has 1 fully saturated rings. The third-order valence-corrected chi connectivity index (χ3v) is 7.53. The van der Waals surface area contributed by atoms with Crippen molar-refractivity contribution in [2.75, 3.05) is 62.8 Å². The van der Waals surface area contributed by atoms with E-state index < -0.39 is 5.97 Å². The number of Topliss-reactive ketones (excluding diaryl/α,β-unsaturated/α-hetero) is 1. The minimum atomic E-state index is -1.05. The van der Waals surface area contributed by atoms with Gasteiger partial charge >= 0.3 is 5.97 Å². The summed E-state index contributed by atoms with van der Waals surface area (Å²) in [6.07, 6.45) is 0.192. The van der Waals surface area contributed by atoms with Gasteiger partial charge in [0.2, 0.25) is 5.91 Å². The van der Waals surface area contributed by atoms with Crippen LogP contribution in [0.1, 0.15) is 27.0 Å². The van der Waals surface area contributed by atoms with Crippen molar-refractivity contribution in [2.45, 2.75) is 6.42 Å². The van der Waals surface area contributed by atoms with E-state index in [4.69, 9.17) is 5.73 Å². The fourth-order valence-electron chi connectivity index (χ4n) is 5.12. The number of nitrogen functional groups attached to an aromatic ring is 1. The Hall–Kier alpha value is -4.47. The first kappa shape index (κ1) is 27.1. The van der Waals surface area contributed by atoms with Crippen molar-refractivity contribution in [3.8, 4) is 0 Å². The lowest BCUT2D eigenvalue weighted by molar-refractivity contribution is -0.119. The molecular formula is C31H33N5O4. The molecule has 5 rings (SSSR count). The van der Waals surface area contributed by atoms with E-state index in [2.05, 4.69) is 22.2 Å². The van der Waals surface area contributed by atoms with Crippen LogP contribution in [0.25, 0.3) is 11.3 Å². The Morgan fingerprint density at radius 2 is 1.70 bits per heavy atom. The molecule has 0 radical (unpaired) electrons. The fraction of sp³-hybridized carbons (Fsp3) is 0.258. The monoisotopic (exact) mass is 539 g/mol. The maximum atomic E-state index is 13.3. The van der Waals surface area contributed by atoms with Crippen LogP contribution in [0.3, 0.4) is 0 Å². The zero-order valence-electron chi connectivity index (χ0n) is 22.7. The lowest BCUT2D eigenvalue weighted by atomic mass is 9.98. The predicted octanol–water partition coefficient (Wildman–Crippen LogP) is 3.28. The number of carboxylic acid groups (broad SMARTS) is 1. The van der Waals surface area contributed by atoms with Crippen LogP contribution in [-0.4, -0.2) is 79.4 Å². The molecule has 1 aliphatic heterocycles. The molecule has 206 valence electrons. The number of hydrogen-bond donors (Lipinski definition) is 3. The van der Waals surface area contributed by atoms with Crippen LogP contribution < -0.4 is 16.0 Å². The van der Waals surface area contributed by atoms with Crippen LogP contribution in [0.2, 0.25) is 0 Å². The molecule has 2 aliphatic rings. The number of nitrogens with one attached hydrogen (secondary N) is 1. The summed E-state index contributed by atoms with van der Waals surface area (Å²) in [5.41, 5.74) is 11.3. The summed E-state index contributed by atoms with van der Waals surface area (Å²) < 4.78 is 0. The van der Waals surface area contributed by atoms with E-state index in [-0.39, 0.29) is 23.7 Å². The predicted molar refractivity (Wildman–Crippen MR) is 157 cm³/mol. The first-order chi connectivity index (χ1) is 19.2. The quantitative estimate of drug-likeness (QED) is 0.309. The van der Waals surface area contributed by atoms with Gasteiger partial charge in [0.15, 0.2) is 5.78 Å². The number of carboxylic acids is 1. The van der Waals surface area contributed by atoms with Crippen LogP contribution in [0.15, 0.2) is 66.7 Å². The highest BCUT2D eigenvalue weighted by molar-refractivity contribution is 6.32. The minimum Gasteiger partial charge on any atom is -0.478 e. The molecule has 40 heavy (non-hydrogen) atoms. The third-order valence-electron chi connectivity index (χ3n) is 7.53. The van der Waals surface area contributed by atoms with Gasteiger partial charge in [-0.05, 0) is 66.7 Å². The molecule has 9 nitrogen and oxygen atoms in total. The van der Waals surface area contributed by atoms with Crippen LogP contribution in [0.4, 0.5) is 17.1 Å². The Morgan fingerprint density at radius 1 is 0.975 bits per heavy atom. The third kappa shape index (κ3) is 5.75. The lowest BCUT2D eigenvalue weighted by Crippen LogP contribution is -2.48. The summed E-state index contributed by atoms with van der Waals surface area (Å²) in [4.78, 5) is 43.9. The summed E-state index contributed by atoms with van der Waals surface area (Å²) in [6.45, 7) is 4.02. The van der Waals surface area contributed by atoms with E-state index in [1.165, 1.54) is 6.07 Å².